The van der Waals surface area contributed by atoms with Crippen molar-refractivity contribution < 1.29 is 14.4 Å². The molecule has 0 bridgehead atoms. The van der Waals surface area contributed by atoms with Crippen LogP contribution in [0, 0.1) is 10.1 Å². The Labute approximate surface area is 105 Å². The van der Waals surface area contributed by atoms with Crippen molar-refractivity contribution in [2.75, 3.05) is 0 Å². The van der Waals surface area contributed by atoms with Crippen LogP contribution in [0.15, 0.2) is 45.6 Å². The second-order valence-corrected chi connectivity index (χ2v) is 4.06. The summed E-state index contributed by atoms with van der Waals surface area (Å²) in [5.41, 5.74) is -0.415. The molecule has 3 aromatic rings. The molecule has 6 heteroatoms. The zero-order valence-corrected chi connectivity index (χ0v) is 9.49. The van der Waals surface area contributed by atoms with E-state index in [1.165, 1.54) is 36.4 Å². The number of rotatable bonds is 1. The topological polar surface area (TPSA) is 93.6 Å². The second kappa shape index (κ2) is 3.81. The highest BCUT2D eigenvalue weighted by molar-refractivity contribution is 6.05. The number of benzene rings is 2. The molecule has 0 atom stereocenters. The van der Waals surface area contributed by atoms with Crippen LogP contribution in [-0.2, 0) is 0 Å². The fraction of sp³-hybridized carbons (Fsp3) is 0. The maximum atomic E-state index is 11.8. The lowest BCUT2D eigenvalue weighted by Gasteiger charge is -2.02. The van der Waals surface area contributed by atoms with Gasteiger partial charge in [0.1, 0.15) is 11.3 Å². The molecular weight excluding hydrogens is 250 g/mol. The molecule has 6 nitrogen and oxygen atoms in total. The molecule has 0 spiro atoms. The Morgan fingerprint density at radius 1 is 1.05 bits per heavy atom. The molecule has 1 heterocycles. The molecule has 0 saturated heterocycles. The molecule has 0 aliphatic heterocycles. The number of hydrogen-bond acceptors (Lipinski definition) is 5. The van der Waals surface area contributed by atoms with Crippen molar-refractivity contribution in [3.63, 3.8) is 0 Å². The second-order valence-electron chi connectivity index (χ2n) is 4.06. The van der Waals surface area contributed by atoms with E-state index in [1.807, 2.05) is 0 Å². The van der Waals surface area contributed by atoms with Crippen molar-refractivity contribution in [3.8, 4) is 5.75 Å². The number of aromatic hydroxyl groups is 1. The number of hydrogen-bond donors (Lipinski definition) is 1. The minimum atomic E-state index is -0.567. The highest BCUT2D eigenvalue weighted by Gasteiger charge is 2.12. The molecule has 19 heavy (non-hydrogen) atoms. The Bertz CT molecular complexity index is 881. The van der Waals surface area contributed by atoms with Crippen LogP contribution >= 0.6 is 0 Å². The first-order valence-corrected chi connectivity index (χ1v) is 5.40. The van der Waals surface area contributed by atoms with E-state index < -0.39 is 10.5 Å². The lowest BCUT2D eigenvalue weighted by molar-refractivity contribution is -0.384. The Hall–Kier alpha value is -2.89. The third-order valence-corrected chi connectivity index (χ3v) is 2.89. The third kappa shape index (κ3) is 1.70. The van der Waals surface area contributed by atoms with Gasteiger partial charge in [0.15, 0.2) is 0 Å². The van der Waals surface area contributed by atoms with Crippen LogP contribution in [0.1, 0.15) is 0 Å². The van der Waals surface area contributed by atoms with Crippen molar-refractivity contribution in [2.24, 2.45) is 0 Å². The number of non-ortho nitro benzene ring substituents is 1. The standard InChI is InChI=1S/C13H7NO5/c15-8-2-4-12-11(6-8)10-5-7(14(17)18)1-3-9(10)13(16)19-12/h1-6,15H. The zero-order chi connectivity index (χ0) is 13.6. The molecular formula is C13H7NO5. The molecule has 1 N–H and O–H groups in total. The summed E-state index contributed by atoms with van der Waals surface area (Å²) in [7, 11) is 0. The molecule has 0 fully saturated rings. The maximum absolute atomic E-state index is 11.8. The van der Waals surface area contributed by atoms with Crippen molar-refractivity contribution in [1.82, 2.24) is 0 Å². The molecule has 0 saturated carbocycles. The van der Waals surface area contributed by atoms with E-state index in [9.17, 15) is 20.0 Å². The molecule has 0 aliphatic carbocycles. The molecule has 0 radical (unpaired) electrons. The maximum Gasteiger partial charge on any atom is 0.344 e. The van der Waals surface area contributed by atoms with Crippen molar-refractivity contribution in [1.29, 1.82) is 0 Å². The molecule has 0 amide bonds. The fourth-order valence-corrected chi connectivity index (χ4v) is 2.02. The Morgan fingerprint density at radius 3 is 2.58 bits per heavy atom. The predicted octanol–water partition coefficient (Wildman–Crippen LogP) is 2.56. The van der Waals surface area contributed by atoms with E-state index in [-0.39, 0.29) is 22.4 Å². The van der Waals surface area contributed by atoms with Gasteiger partial charge in [-0.05, 0) is 24.3 Å². The van der Waals surface area contributed by atoms with Crippen molar-refractivity contribution in [3.05, 3.63) is 56.9 Å². The first kappa shape index (κ1) is 11.2. The van der Waals surface area contributed by atoms with Gasteiger partial charge in [-0.2, -0.15) is 0 Å². The predicted molar refractivity (Wildman–Crippen MR) is 68.3 cm³/mol. The third-order valence-electron chi connectivity index (χ3n) is 2.89. The summed E-state index contributed by atoms with van der Waals surface area (Å²) >= 11 is 0. The van der Waals surface area contributed by atoms with Crippen LogP contribution in [0.5, 0.6) is 5.75 Å². The summed E-state index contributed by atoms with van der Waals surface area (Å²) in [6.45, 7) is 0. The van der Waals surface area contributed by atoms with Gasteiger partial charge in [-0.25, -0.2) is 4.79 Å². The minimum absolute atomic E-state index is 0.00541. The average Bonchev–Trinajstić information content (AvgIpc) is 2.39. The number of phenolic OH excluding ortho intramolecular Hbond substituents is 1. The quantitative estimate of drug-likeness (QED) is 0.313. The number of nitro groups is 1. The number of fused-ring (bicyclic) bond motifs is 3. The van der Waals surface area contributed by atoms with Gasteiger partial charge in [-0.3, -0.25) is 10.1 Å². The Morgan fingerprint density at radius 2 is 1.84 bits per heavy atom. The molecule has 94 valence electrons. The monoisotopic (exact) mass is 257 g/mol. The highest BCUT2D eigenvalue weighted by Crippen LogP contribution is 2.28. The van der Waals surface area contributed by atoms with Gasteiger partial charge in [0.05, 0.1) is 10.3 Å². The van der Waals surface area contributed by atoms with E-state index in [0.29, 0.717) is 10.8 Å². The van der Waals surface area contributed by atoms with Gasteiger partial charge < -0.3 is 9.52 Å². The molecule has 0 aliphatic rings. The first-order chi connectivity index (χ1) is 9.06. The number of phenols is 1. The van der Waals surface area contributed by atoms with Crippen LogP contribution in [-0.4, -0.2) is 10.0 Å². The SMILES string of the molecule is O=c1oc2ccc(O)cc2c2cc([N+](=O)[O-])ccc12. The Kier molecular flexibility index (Phi) is 2.25. The highest BCUT2D eigenvalue weighted by atomic mass is 16.6. The first-order valence-electron chi connectivity index (χ1n) is 5.40. The van der Waals surface area contributed by atoms with Gasteiger partial charge in [0.2, 0.25) is 0 Å². The van der Waals surface area contributed by atoms with Gasteiger partial charge in [-0.15, -0.1) is 0 Å². The smallest absolute Gasteiger partial charge is 0.344 e. The minimum Gasteiger partial charge on any atom is -0.508 e. The van der Waals surface area contributed by atoms with Crippen LogP contribution in [0.25, 0.3) is 21.7 Å². The van der Waals surface area contributed by atoms with E-state index in [1.54, 1.807) is 0 Å². The van der Waals surface area contributed by atoms with E-state index >= 15 is 0 Å². The van der Waals surface area contributed by atoms with Crippen molar-refractivity contribution in [2.45, 2.75) is 0 Å². The molecule has 1 aromatic heterocycles. The van der Waals surface area contributed by atoms with E-state index in [2.05, 4.69) is 0 Å². The summed E-state index contributed by atoms with van der Waals surface area (Å²) in [5, 5.41) is 21.4. The largest absolute Gasteiger partial charge is 0.508 e. The van der Waals surface area contributed by atoms with Crippen LogP contribution in [0.2, 0.25) is 0 Å². The van der Waals surface area contributed by atoms with Crippen LogP contribution in [0.4, 0.5) is 5.69 Å². The van der Waals surface area contributed by atoms with Gasteiger partial charge in [0.25, 0.3) is 5.69 Å². The van der Waals surface area contributed by atoms with Gasteiger partial charge in [-0.1, -0.05) is 0 Å². The van der Waals surface area contributed by atoms with Gasteiger partial charge >= 0.3 is 5.63 Å². The van der Waals surface area contributed by atoms with Crippen LogP contribution < -0.4 is 5.63 Å². The molecule has 0 unspecified atom stereocenters. The van der Waals surface area contributed by atoms with E-state index in [0.717, 1.165) is 0 Å². The van der Waals surface area contributed by atoms with Crippen LogP contribution in [0.3, 0.4) is 0 Å². The summed E-state index contributed by atoms with van der Waals surface area (Å²) < 4.78 is 5.09. The number of nitro benzene ring substituents is 1. The lowest BCUT2D eigenvalue weighted by Crippen LogP contribution is -2.00. The summed E-state index contributed by atoms with van der Waals surface area (Å²) in [6.07, 6.45) is 0. The molecule has 2 aromatic carbocycles. The fourth-order valence-electron chi connectivity index (χ4n) is 2.02. The zero-order valence-electron chi connectivity index (χ0n) is 9.49. The summed E-state index contributed by atoms with van der Waals surface area (Å²) in [6, 6.07) is 8.13. The lowest BCUT2D eigenvalue weighted by atomic mass is 10.1. The Balaban J connectivity index is 2.55. The van der Waals surface area contributed by atoms with Gasteiger partial charge in [0, 0.05) is 22.9 Å². The normalized spacial score (nSPS) is 10.9. The van der Waals surface area contributed by atoms with E-state index in [4.69, 9.17) is 4.42 Å². The number of nitrogens with zero attached hydrogens (tertiary/aromatic N) is 1. The average molecular weight is 257 g/mol. The summed E-state index contributed by atoms with van der Waals surface area (Å²) in [5.74, 6) is -0.00541. The summed E-state index contributed by atoms with van der Waals surface area (Å²) in [4.78, 5) is 22.0. The molecule has 3 rings (SSSR count). The van der Waals surface area contributed by atoms with Crippen molar-refractivity contribution >= 4 is 27.4 Å².